The van der Waals surface area contributed by atoms with Crippen molar-refractivity contribution in [3.63, 3.8) is 0 Å². The van der Waals surface area contributed by atoms with Gasteiger partial charge in [-0.1, -0.05) is 162 Å². The Morgan fingerprint density at radius 1 is 0.514 bits per heavy atom. The molecule has 2 heterocycles. The minimum Gasteiger partial charge on any atom is -0.394 e. The monoisotopic (exact) mass is 1010 g/mol. The minimum atomic E-state index is -1.80. The Morgan fingerprint density at radius 2 is 0.972 bits per heavy atom. The zero-order valence-corrected chi connectivity index (χ0v) is 43.6. The molecule has 2 fully saturated rings. The summed E-state index contributed by atoms with van der Waals surface area (Å²) >= 11 is 0. The van der Waals surface area contributed by atoms with Gasteiger partial charge in [0.2, 0.25) is 5.91 Å². The summed E-state index contributed by atoms with van der Waals surface area (Å²) in [6, 6.07) is -0.953. The Morgan fingerprint density at radius 3 is 1.53 bits per heavy atom. The molecule has 0 aromatic carbocycles. The highest BCUT2D eigenvalue weighted by Gasteiger charge is 2.51. The van der Waals surface area contributed by atoms with Gasteiger partial charge in [-0.15, -0.1) is 0 Å². The van der Waals surface area contributed by atoms with Crippen LogP contribution in [0.15, 0.2) is 109 Å². The van der Waals surface area contributed by atoms with E-state index in [2.05, 4.69) is 116 Å². The first kappa shape index (κ1) is 64.8. The molecule has 12 atom stereocenters. The van der Waals surface area contributed by atoms with Gasteiger partial charge in [-0.25, -0.2) is 0 Å². The highest BCUT2D eigenvalue weighted by molar-refractivity contribution is 5.76. The summed E-state index contributed by atoms with van der Waals surface area (Å²) in [4.78, 5) is 13.2. The van der Waals surface area contributed by atoms with Crippen LogP contribution in [0.1, 0.15) is 155 Å². The smallest absolute Gasteiger partial charge is 0.220 e. The fourth-order valence-electron chi connectivity index (χ4n) is 8.03. The lowest BCUT2D eigenvalue weighted by molar-refractivity contribution is -0.359. The molecule has 0 spiro atoms. The highest BCUT2D eigenvalue weighted by atomic mass is 16.7. The van der Waals surface area contributed by atoms with Gasteiger partial charge in [-0.2, -0.15) is 0 Å². The molecule has 14 heteroatoms. The Balaban J connectivity index is 1.80. The van der Waals surface area contributed by atoms with Gasteiger partial charge < -0.3 is 65.1 Å². The third-order valence-corrected chi connectivity index (χ3v) is 12.4. The number of hydrogen-bond donors (Lipinski definition) is 9. The maximum atomic E-state index is 13.2. The summed E-state index contributed by atoms with van der Waals surface area (Å²) in [5.41, 5.74) is 0. The van der Waals surface area contributed by atoms with E-state index in [1.54, 1.807) is 6.08 Å². The van der Waals surface area contributed by atoms with E-state index < -0.39 is 86.8 Å². The molecule has 1 amide bonds. The number of amides is 1. The Bertz CT molecular complexity index is 1620. The van der Waals surface area contributed by atoms with E-state index in [9.17, 15) is 45.6 Å². The van der Waals surface area contributed by atoms with Crippen molar-refractivity contribution in [2.75, 3.05) is 19.8 Å². The minimum absolute atomic E-state index is 0.245. The number of aliphatic hydroxyl groups excluding tert-OH is 8. The largest absolute Gasteiger partial charge is 0.394 e. The number of carbonyl (C=O) groups excluding carboxylic acids is 1. The van der Waals surface area contributed by atoms with Gasteiger partial charge in [0.25, 0.3) is 0 Å². The number of carbonyl (C=O) groups is 1. The highest BCUT2D eigenvalue weighted by Crippen LogP contribution is 2.30. The summed E-state index contributed by atoms with van der Waals surface area (Å²) in [5.74, 6) is -0.276. The van der Waals surface area contributed by atoms with Gasteiger partial charge in [-0.05, 0) is 96.3 Å². The summed E-state index contributed by atoms with van der Waals surface area (Å²) in [5, 5.41) is 86.8. The predicted molar refractivity (Wildman–Crippen MR) is 285 cm³/mol. The molecule has 2 aliphatic rings. The topological polar surface area (TPSA) is 228 Å². The molecular formula is C58H95NO13. The Labute approximate surface area is 432 Å². The van der Waals surface area contributed by atoms with Crippen LogP contribution in [0.4, 0.5) is 0 Å². The first-order valence-corrected chi connectivity index (χ1v) is 27.1. The van der Waals surface area contributed by atoms with Gasteiger partial charge >= 0.3 is 0 Å². The second-order valence-electron chi connectivity index (χ2n) is 18.6. The zero-order chi connectivity index (χ0) is 52.4. The van der Waals surface area contributed by atoms with E-state index in [1.807, 2.05) is 6.08 Å². The molecule has 14 nitrogen and oxygen atoms in total. The fourth-order valence-corrected chi connectivity index (χ4v) is 8.03. The Hall–Kier alpha value is -3.35. The van der Waals surface area contributed by atoms with Crippen LogP contribution in [0.3, 0.4) is 0 Å². The maximum Gasteiger partial charge on any atom is 0.220 e. The molecule has 0 radical (unpaired) electrons. The molecule has 2 rings (SSSR count). The van der Waals surface area contributed by atoms with Crippen molar-refractivity contribution in [2.24, 2.45) is 0 Å². The molecule has 12 unspecified atom stereocenters. The first-order valence-electron chi connectivity index (χ1n) is 27.1. The molecular weight excluding hydrogens is 919 g/mol. The van der Waals surface area contributed by atoms with E-state index in [-0.39, 0.29) is 18.9 Å². The quantitative estimate of drug-likeness (QED) is 0.0209. The molecule has 2 aliphatic heterocycles. The molecule has 9 N–H and O–H groups in total. The van der Waals surface area contributed by atoms with Gasteiger partial charge in [0.15, 0.2) is 12.6 Å². The van der Waals surface area contributed by atoms with Crippen LogP contribution >= 0.6 is 0 Å². The van der Waals surface area contributed by atoms with Gasteiger partial charge in [0, 0.05) is 6.42 Å². The van der Waals surface area contributed by atoms with Crippen LogP contribution < -0.4 is 5.32 Å². The first-order chi connectivity index (χ1) is 35.1. The number of allylic oxidation sites excluding steroid dienone is 17. The van der Waals surface area contributed by atoms with E-state index in [0.717, 1.165) is 103 Å². The van der Waals surface area contributed by atoms with E-state index in [1.165, 1.54) is 19.3 Å². The number of hydrogen-bond acceptors (Lipinski definition) is 13. The van der Waals surface area contributed by atoms with Crippen LogP contribution in [0, 0.1) is 0 Å². The van der Waals surface area contributed by atoms with Crippen molar-refractivity contribution in [1.29, 1.82) is 0 Å². The van der Waals surface area contributed by atoms with Crippen LogP contribution in [0.25, 0.3) is 0 Å². The lowest BCUT2D eigenvalue weighted by Gasteiger charge is -2.46. The second-order valence-corrected chi connectivity index (χ2v) is 18.6. The molecule has 0 saturated carbocycles. The molecule has 410 valence electrons. The third-order valence-electron chi connectivity index (χ3n) is 12.4. The molecule has 72 heavy (non-hydrogen) atoms. The number of nitrogens with one attached hydrogen (secondary N) is 1. The van der Waals surface area contributed by atoms with Crippen molar-refractivity contribution in [3.8, 4) is 0 Å². The molecule has 0 aliphatic carbocycles. The predicted octanol–water partition coefficient (Wildman–Crippen LogP) is 8.10. The van der Waals surface area contributed by atoms with Gasteiger partial charge in [-0.3, -0.25) is 4.79 Å². The van der Waals surface area contributed by atoms with Gasteiger partial charge in [0.05, 0.1) is 32.0 Å². The molecule has 0 aromatic rings. The summed E-state index contributed by atoms with van der Waals surface area (Å²) < 4.78 is 22.7. The normalized spacial score (nSPS) is 26.5. The van der Waals surface area contributed by atoms with Gasteiger partial charge in [0.1, 0.15) is 48.8 Å². The lowest BCUT2D eigenvalue weighted by Crippen LogP contribution is -2.65. The summed E-state index contributed by atoms with van der Waals surface area (Å²) in [6.45, 7) is 2.57. The second kappa shape index (κ2) is 42.9. The zero-order valence-electron chi connectivity index (χ0n) is 43.6. The van der Waals surface area contributed by atoms with Crippen LogP contribution in [-0.2, 0) is 23.7 Å². The standard InChI is InChI=1S/C58H95NO13/c1-3-5-7-9-11-13-15-17-18-19-20-21-22-23-24-25-26-27-28-30-32-34-36-38-40-42-50(63)59-46(47(62)41-39-37-35-33-31-29-16-14-12-10-8-6-4-2)45-69-57-55(68)53(66)56(49(44-61)71-57)72-58-54(67)52(65)51(64)48(43-60)70-58/h5,7,11-14,17-18,20-21,23-24,26-27,31,33,39,41,46-49,51-58,60-62,64-68H,3-4,6,8-10,15-16,19,22,25,28-30,32,34-38,40,42-45H2,1-2H3,(H,59,63)/b7-5-,13-11-,14-12+,18-17-,21-20-,24-23-,27-26-,33-31+,41-39+. The summed E-state index contributed by atoms with van der Waals surface area (Å²) in [6.07, 6.45) is 42.7. The maximum absolute atomic E-state index is 13.2. The van der Waals surface area contributed by atoms with E-state index >= 15 is 0 Å². The van der Waals surface area contributed by atoms with Crippen LogP contribution in [0.2, 0.25) is 0 Å². The average Bonchev–Trinajstić information content (AvgIpc) is 3.38. The van der Waals surface area contributed by atoms with Crippen molar-refractivity contribution in [3.05, 3.63) is 109 Å². The van der Waals surface area contributed by atoms with Crippen molar-refractivity contribution >= 4 is 5.91 Å². The van der Waals surface area contributed by atoms with E-state index in [4.69, 9.17) is 18.9 Å². The Kier molecular flexibility index (Phi) is 38.6. The molecule has 2 saturated heterocycles. The van der Waals surface area contributed by atoms with Crippen LogP contribution in [-0.4, -0.2) is 140 Å². The molecule has 0 bridgehead atoms. The summed E-state index contributed by atoms with van der Waals surface area (Å²) in [7, 11) is 0. The SMILES string of the molecule is CC/C=C\C/C=C\C/C=C\C/C=C\C/C=C\C/C=C\CCCCCCCCC(=O)NC(COC1OC(CO)C(OC2OC(CO)C(O)C(O)C2O)C(O)C1O)C(O)/C=C/CC/C=C/CC/C=C/CCCCC. The van der Waals surface area contributed by atoms with Crippen LogP contribution in [0.5, 0.6) is 0 Å². The van der Waals surface area contributed by atoms with Crippen molar-refractivity contribution < 1.29 is 64.6 Å². The number of aliphatic hydroxyl groups is 8. The lowest BCUT2D eigenvalue weighted by atomic mass is 9.97. The van der Waals surface area contributed by atoms with E-state index in [0.29, 0.717) is 12.8 Å². The third kappa shape index (κ3) is 28.9. The van der Waals surface area contributed by atoms with Crippen molar-refractivity contribution in [2.45, 2.75) is 229 Å². The average molecular weight is 1010 g/mol. The molecule has 0 aromatic heterocycles. The number of ether oxygens (including phenoxy) is 4. The number of unbranched alkanes of at least 4 members (excludes halogenated alkanes) is 11. The fraction of sp³-hybridized carbons (Fsp3) is 0.672. The number of rotatable bonds is 40. The van der Waals surface area contributed by atoms with Crippen molar-refractivity contribution in [1.82, 2.24) is 5.32 Å².